The average molecular weight is 304 g/mol. The Labute approximate surface area is 126 Å². The van der Waals surface area contributed by atoms with Crippen molar-refractivity contribution in [1.29, 1.82) is 0 Å². The minimum atomic E-state index is -0.708. The number of aryl methyl sites for hydroxylation is 1. The minimum Gasteiger partial charge on any atom is -0.373 e. The highest BCUT2D eigenvalue weighted by atomic mass is 32.2. The fourth-order valence-electron chi connectivity index (χ4n) is 4.02. The molecule has 3 aliphatic rings. The van der Waals surface area contributed by atoms with Gasteiger partial charge in [0.15, 0.2) is 16.7 Å². The van der Waals surface area contributed by atoms with Crippen molar-refractivity contribution in [2.24, 2.45) is 11.8 Å². The molecule has 1 aromatic rings. The molecule has 4 unspecified atom stereocenters. The lowest BCUT2D eigenvalue weighted by molar-refractivity contribution is -0.127. The lowest BCUT2D eigenvalue weighted by atomic mass is 9.81. The number of rotatable bonds is 2. The van der Waals surface area contributed by atoms with Crippen LogP contribution in [0, 0.1) is 18.8 Å². The molecule has 1 aromatic heterocycles. The van der Waals surface area contributed by atoms with E-state index in [1.807, 2.05) is 13.2 Å². The first kappa shape index (κ1) is 13.4. The molecule has 0 aromatic carbocycles. The molecular weight excluding hydrogens is 288 g/mol. The molecule has 5 nitrogen and oxygen atoms in total. The van der Waals surface area contributed by atoms with Crippen molar-refractivity contribution in [3.63, 3.8) is 0 Å². The maximum Gasteiger partial charge on any atom is 0.187 e. The number of ether oxygens (including phenoxy) is 1. The molecule has 0 amide bonds. The van der Waals surface area contributed by atoms with Crippen LogP contribution in [0.5, 0.6) is 0 Å². The Kier molecular flexibility index (Phi) is 2.94. The molecule has 0 N–H and O–H groups in total. The van der Waals surface area contributed by atoms with Gasteiger partial charge < -0.3 is 4.74 Å². The fraction of sp³-hybridized carbons (Fsp3) is 0.600. The predicted molar refractivity (Wildman–Crippen MR) is 76.2 cm³/mol. The molecule has 2 aliphatic heterocycles. The highest BCUT2D eigenvalue weighted by Gasteiger charge is 2.63. The van der Waals surface area contributed by atoms with Gasteiger partial charge in [-0.1, -0.05) is 11.8 Å². The van der Waals surface area contributed by atoms with Gasteiger partial charge in [-0.15, -0.1) is 0 Å². The number of hydrogen-bond donors (Lipinski definition) is 0. The van der Waals surface area contributed by atoms with Crippen LogP contribution in [0.15, 0.2) is 11.4 Å². The summed E-state index contributed by atoms with van der Waals surface area (Å²) in [6.45, 7) is 1.86. The standard InChI is InChI=1S/C15H16N2O3S/c1-6-5-16-15(21-2)17-12(6)11-13(18)9-7-3-4-8(20-7)10(9)14(11)19/h5,7-11H,3-4H2,1-2H3. The maximum absolute atomic E-state index is 12.8. The van der Waals surface area contributed by atoms with Gasteiger partial charge in [-0.25, -0.2) is 9.97 Å². The third-order valence-corrected chi connectivity index (χ3v) is 5.51. The van der Waals surface area contributed by atoms with E-state index in [0.29, 0.717) is 10.9 Å². The third kappa shape index (κ3) is 1.75. The summed E-state index contributed by atoms with van der Waals surface area (Å²) in [5.74, 6) is -1.18. The monoisotopic (exact) mass is 304 g/mol. The lowest BCUT2D eigenvalue weighted by Gasteiger charge is -2.16. The second-order valence-electron chi connectivity index (χ2n) is 6.00. The van der Waals surface area contributed by atoms with E-state index in [4.69, 9.17) is 4.74 Å². The van der Waals surface area contributed by atoms with Crippen molar-refractivity contribution in [3.05, 3.63) is 17.5 Å². The Morgan fingerprint density at radius 1 is 1.19 bits per heavy atom. The number of carbonyl (C=O) groups is 2. The van der Waals surface area contributed by atoms with E-state index in [9.17, 15) is 9.59 Å². The Hall–Kier alpha value is -1.27. The van der Waals surface area contributed by atoms with Gasteiger partial charge >= 0.3 is 0 Å². The second-order valence-corrected chi connectivity index (χ2v) is 6.78. The normalized spacial score (nSPS) is 37.3. The van der Waals surface area contributed by atoms with Gasteiger partial charge in [0.25, 0.3) is 0 Å². The topological polar surface area (TPSA) is 69.2 Å². The lowest BCUT2D eigenvalue weighted by Crippen LogP contribution is -2.29. The number of thioether (sulfide) groups is 1. The van der Waals surface area contributed by atoms with Crippen molar-refractivity contribution >= 4 is 23.3 Å². The molecule has 1 saturated carbocycles. The Morgan fingerprint density at radius 3 is 2.38 bits per heavy atom. The van der Waals surface area contributed by atoms with Gasteiger partial charge in [0.05, 0.1) is 29.7 Å². The molecule has 2 bridgehead atoms. The van der Waals surface area contributed by atoms with Crippen molar-refractivity contribution in [2.45, 2.75) is 43.0 Å². The molecule has 6 heteroatoms. The van der Waals surface area contributed by atoms with Gasteiger partial charge in [-0.05, 0) is 31.6 Å². The van der Waals surface area contributed by atoms with Crippen LogP contribution in [0.25, 0.3) is 0 Å². The van der Waals surface area contributed by atoms with Gasteiger partial charge in [0.1, 0.15) is 5.92 Å². The van der Waals surface area contributed by atoms with Crippen molar-refractivity contribution in [1.82, 2.24) is 9.97 Å². The zero-order chi connectivity index (χ0) is 14.7. The van der Waals surface area contributed by atoms with E-state index < -0.39 is 5.92 Å². The number of ketones is 2. The van der Waals surface area contributed by atoms with Crippen LogP contribution in [0.2, 0.25) is 0 Å². The predicted octanol–water partition coefficient (Wildman–Crippen LogP) is 1.54. The first-order chi connectivity index (χ1) is 10.1. The number of carbonyl (C=O) groups excluding carboxylic acids is 2. The Morgan fingerprint density at radius 2 is 1.81 bits per heavy atom. The summed E-state index contributed by atoms with van der Waals surface area (Å²) in [4.78, 5) is 34.2. The maximum atomic E-state index is 12.8. The summed E-state index contributed by atoms with van der Waals surface area (Å²) in [5, 5.41) is 0.604. The summed E-state index contributed by atoms with van der Waals surface area (Å²) in [6.07, 6.45) is 5.28. The zero-order valence-electron chi connectivity index (χ0n) is 11.9. The molecule has 110 valence electrons. The molecule has 4 atom stereocenters. The SMILES string of the molecule is CSc1ncc(C)c(C2C(=O)C3C4CCC(O4)C3C2=O)n1. The largest absolute Gasteiger partial charge is 0.373 e. The highest BCUT2D eigenvalue weighted by Crippen LogP contribution is 2.52. The van der Waals surface area contributed by atoms with Gasteiger partial charge in [0.2, 0.25) is 0 Å². The number of aromatic nitrogens is 2. The van der Waals surface area contributed by atoms with E-state index in [0.717, 1.165) is 18.4 Å². The summed E-state index contributed by atoms with van der Waals surface area (Å²) in [5.41, 5.74) is 1.41. The molecule has 0 spiro atoms. The van der Waals surface area contributed by atoms with Crippen LogP contribution in [0.3, 0.4) is 0 Å². The molecule has 21 heavy (non-hydrogen) atoms. The molecule has 0 radical (unpaired) electrons. The van der Waals surface area contributed by atoms with E-state index in [2.05, 4.69) is 9.97 Å². The van der Waals surface area contributed by atoms with Crippen LogP contribution < -0.4 is 0 Å². The van der Waals surface area contributed by atoms with Crippen LogP contribution in [0.1, 0.15) is 30.0 Å². The van der Waals surface area contributed by atoms with Crippen molar-refractivity contribution in [3.8, 4) is 0 Å². The Balaban J connectivity index is 1.77. The molecule has 1 aliphatic carbocycles. The molecule has 3 heterocycles. The summed E-state index contributed by atoms with van der Waals surface area (Å²) >= 11 is 1.42. The van der Waals surface area contributed by atoms with Gasteiger partial charge in [-0.3, -0.25) is 9.59 Å². The fourth-order valence-corrected chi connectivity index (χ4v) is 4.37. The van der Waals surface area contributed by atoms with Gasteiger partial charge in [0, 0.05) is 6.20 Å². The van der Waals surface area contributed by atoms with Crippen LogP contribution in [-0.4, -0.2) is 40.0 Å². The highest BCUT2D eigenvalue weighted by molar-refractivity contribution is 7.98. The molecular formula is C15H16N2O3S. The van der Waals surface area contributed by atoms with Crippen LogP contribution in [-0.2, 0) is 14.3 Å². The van der Waals surface area contributed by atoms with Crippen LogP contribution in [0.4, 0.5) is 0 Å². The first-order valence-corrected chi connectivity index (χ1v) is 8.44. The van der Waals surface area contributed by atoms with Crippen molar-refractivity contribution < 1.29 is 14.3 Å². The minimum absolute atomic E-state index is 0.00560. The smallest absolute Gasteiger partial charge is 0.187 e. The van der Waals surface area contributed by atoms with Crippen molar-refractivity contribution in [2.75, 3.05) is 6.26 Å². The molecule has 3 fully saturated rings. The number of nitrogens with zero attached hydrogens (tertiary/aromatic N) is 2. The Bertz CT molecular complexity index is 620. The van der Waals surface area contributed by atoms with Crippen LogP contribution >= 0.6 is 11.8 Å². The molecule has 2 saturated heterocycles. The summed E-state index contributed by atoms with van der Waals surface area (Å²) in [7, 11) is 0. The van der Waals surface area contributed by atoms with Gasteiger partial charge in [-0.2, -0.15) is 0 Å². The van der Waals surface area contributed by atoms with E-state index in [1.165, 1.54) is 11.8 Å². The number of Topliss-reactive ketones (excluding diaryl/α,β-unsaturated/α-hetero) is 2. The van der Waals surface area contributed by atoms with E-state index in [1.54, 1.807) is 6.20 Å². The quantitative estimate of drug-likeness (QED) is 0.469. The summed E-state index contributed by atoms with van der Waals surface area (Å²) in [6, 6.07) is 0. The second kappa shape index (κ2) is 4.61. The number of fused-ring (bicyclic) bond motifs is 5. The van der Waals surface area contributed by atoms with E-state index in [-0.39, 0.29) is 35.6 Å². The molecule has 4 rings (SSSR count). The zero-order valence-corrected chi connectivity index (χ0v) is 12.7. The van der Waals surface area contributed by atoms with E-state index >= 15 is 0 Å². The average Bonchev–Trinajstić information content (AvgIpc) is 3.15. The third-order valence-electron chi connectivity index (χ3n) is 4.94. The first-order valence-electron chi connectivity index (χ1n) is 7.22. The number of hydrogen-bond acceptors (Lipinski definition) is 6. The summed E-state index contributed by atoms with van der Waals surface area (Å²) < 4.78 is 5.76.